The summed E-state index contributed by atoms with van der Waals surface area (Å²) >= 11 is 6.04. The average Bonchev–Trinajstić information content (AvgIpc) is 3.36. The maximum atomic E-state index is 12.9. The largest absolute Gasteiger partial charge is 0.465 e. The molecule has 3 heterocycles. The molecule has 2 aromatic heterocycles. The number of amides is 2. The number of furan rings is 1. The summed E-state index contributed by atoms with van der Waals surface area (Å²) in [6.45, 7) is 5.54. The molecule has 0 saturated carbocycles. The molecule has 1 aliphatic rings. The van der Waals surface area contributed by atoms with E-state index in [1.165, 1.54) is 0 Å². The van der Waals surface area contributed by atoms with Gasteiger partial charge < -0.3 is 19.6 Å². The number of aromatic amines is 1. The summed E-state index contributed by atoms with van der Waals surface area (Å²) in [5.41, 5.74) is 1.47. The fourth-order valence-electron chi connectivity index (χ4n) is 4.12. The number of hydrogen-bond donors (Lipinski definition) is 2. The lowest BCUT2D eigenvalue weighted by molar-refractivity contribution is -0.126. The van der Waals surface area contributed by atoms with Gasteiger partial charge >= 0.3 is 0 Å². The van der Waals surface area contributed by atoms with Gasteiger partial charge in [-0.25, -0.2) is 0 Å². The molecule has 1 aromatic carbocycles. The van der Waals surface area contributed by atoms with Gasteiger partial charge in [0.25, 0.3) is 5.91 Å². The van der Waals surface area contributed by atoms with Crippen LogP contribution >= 0.6 is 11.6 Å². The number of aromatic nitrogens is 1. The summed E-state index contributed by atoms with van der Waals surface area (Å²) in [7, 11) is 0. The van der Waals surface area contributed by atoms with Gasteiger partial charge in [0.15, 0.2) is 0 Å². The van der Waals surface area contributed by atoms with Crippen molar-refractivity contribution >= 4 is 34.3 Å². The number of nitrogens with one attached hydrogen (secondary N) is 2. The molecule has 2 N–H and O–H groups in total. The monoisotopic (exact) mass is 427 g/mol. The predicted molar refractivity (Wildman–Crippen MR) is 116 cm³/mol. The number of hydrogen-bond acceptors (Lipinski definition) is 3. The van der Waals surface area contributed by atoms with Crippen LogP contribution in [0.25, 0.3) is 10.9 Å². The van der Waals surface area contributed by atoms with Crippen molar-refractivity contribution in [3.8, 4) is 0 Å². The zero-order valence-corrected chi connectivity index (χ0v) is 18.0. The first-order valence-electron chi connectivity index (χ1n) is 10.3. The van der Waals surface area contributed by atoms with E-state index in [4.69, 9.17) is 16.0 Å². The highest BCUT2D eigenvalue weighted by molar-refractivity contribution is 6.31. The van der Waals surface area contributed by atoms with Crippen LogP contribution in [0.3, 0.4) is 0 Å². The second kappa shape index (κ2) is 8.56. The number of likely N-dealkylation sites (tertiary alicyclic amines) is 1. The number of fused-ring (bicyclic) bond motifs is 1. The Morgan fingerprint density at radius 3 is 2.70 bits per heavy atom. The number of nitrogens with zero attached hydrogens (tertiary/aromatic N) is 1. The second-order valence-electron chi connectivity index (χ2n) is 8.06. The van der Waals surface area contributed by atoms with Gasteiger partial charge in [-0.1, -0.05) is 18.5 Å². The summed E-state index contributed by atoms with van der Waals surface area (Å²) in [6.07, 6.45) is 1.62. The highest BCUT2D eigenvalue weighted by atomic mass is 35.5. The van der Waals surface area contributed by atoms with Gasteiger partial charge in [-0.15, -0.1) is 0 Å². The quantitative estimate of drug-likeness (QED) is 0.628. The minimum Gasteiger partial charge on any atom is -0.465 e. The van der Waals surface area contributed by atoms with Gasteiger partial charge in [-0.2, -0.15) is 0 Å². The first-order valence-corrected chi connectivity index (χ1v) is 10.7. The molecule has 3 aromatic rings. The summed E-state index contributed by atoms with van der Waals surface area (Å²) < 4.78 is 5.50. The van der Waals surface area contributed by atoms with Crippen LogP contribution in [-0.2, 0) is 11.3 Å². The van der Waals surface area contributed by atoms with E-state index in [2.05, 4.69) is 10.3 Å². The van der Waals surface area contributed by atoms with Gasteiger partial charge in [0, 0.05) is 34.9 Å². The fraction of sp³-hybridized carbons (Fsp3) is 0.391. The van der Waals surface area contributed by atoms with Crippen molar-refractivity contribution in [2.24, 2.45) is 11.8 Å². The maximum absolute atomic E-state index is 12.9. The van der Waals surface area contributed by atoms with Crippen molar-refractivity contribution < 1.29 is 14.0 Å². The van der Waals surface area contributed by atoms with Gasteiger partial charge in [0.05, 0.1) is 6.54 Å². The van der Waals surface area contributed by atoms with Crippen LogP contribution < -0.4 is 5.32 Å². The highest BCUT2D eigenvalue weighted by Gasteiger charge is 2.30. The van der Waals surface area contributed by atoms with E-state index in [0.29, 0.717) is 30.4 Å². The van der Waals surface area contributed by atoms with Gasteiger partial charge in [-0.05, 0) is 62.1 Å². The molecule has 0 spiro atoms. The summed E-state index contributed by atoms with van der Waals surface area (Å²) in [6, 6.07) is 11.1. The number of H-pyrrole nitrogens is 1. The van der Waals surface area contributed by atoms with Crippen molar-refractivity contribution in [3.05, 3.63) is 58.6 Å². The normalized spacial score (nSPS) is 16.0. The Morgan fingerprint density at radius 2 is 2.00 bits per heavy atom. The first kappa shape index (κ1) is 20.5. The molecule has 0 bridgehead atoms. The van der Waals surface area contributed by atoms with Crippen LogP contribution in [-0.4, -0.2) is 34.8 Å². The Kier molecular flexibility index (Phi) is 5.86. The molecule has 1 fully saturated rings. The lowest BCUT2D eigenvalue weighted by Gasteiger charge is -2.34. The molecule has 158 valence electrons. The predicted octanol–water partition coefficient (Wildman–Crippen LogP) is 4.53. The number of piperidine rings is 1. The molecule has 4 rings (SSSR count). The van der Waals surface area contributed by atoms with Crippen LogP contribution in [0.4, 0.5) is 0 Å². The smallest absolute Gasteiger partial charge is 0.270 e. The first-order chi connectivity index (χ1) is 14.4. The van der Waals surface area contributed by atoms with E-state index in [9.17, 15) is 9.59 Å². The van der Waals surface area contributed by atoms with E-state index < -0.39 is 0 Å². The third-order valence-corrected chi connectivity index (χ3v) is 6.23. The van der Waals surface area contributed by atoms with E-state index >= 15 is 0 Å². The SMILES string of the molecule is Cc1ccc(CNC(=O)[C@@H](C)C2CCN(C(=O)c3cc4cc(Cl)ccc4[nH]3)CC2)o1. The topological polar surface area (TPSA) is 78.3 Å². The molecule has 1 atom stereocenters. The summed E-state index contributed by atoms with van der Waals surface area (Å²) in [4.78, 5) is 30.5. The average molecular weight is 428 g/mol. The van der Waals surface area contributed by atoms with Crippen LogP contribution in [0, 0.1) is 18.8 Å². The molecule has 1 saturated heterocycles. The molecule has 30 heavy (non-hydrogen) atoms. The number of halogens is 1. The van der Waals surface area contributed by atoms with E-state index in [0.717, 1.165) is 35.3 Å². The van der Waals surface area contributed by atoms with Gasteiger partial charge in [0.2, 0.25) is 5.91 Å². The number of rotatable bonds is 5. The summed E-state index contributed by atoms with van der Waals surface area (Å²) in [5.74, 6) is 1.77. The number of aryl methyl sites for hydroxylation is 1. The number of carbonyl (C=O) groups excluding carboxylic acids is 2. The van der Waals surface area contributed by atoms with Crippen molar-refractivity contribution in [1.29, 1.82) is 0 Å². The Bertz CT molecular complexity index is 1060. The lowest BCUT2D eigenvalue weighted by Crippen LogP contribution is -2.42. The molecular weight excluding hydrogens is 402 g/mol. The number of carbonyl (C=O) groups is 2. The minimum absolute atomic E-state index is 0.00827. The Morgan fingerprint density at radius 1 is 1.23 bits per heavy atom. The van der Waals surface area contributed by atoms with Crippen LogP contribution in [0.15, 0.2) is 40.8 Å². The molecule has 0 unspecified atom stereocenters. The van der Waals surface area contributed by atoms with Gasteiger partial charge in [-0.3, -0.25) is 9.59 Å². The van der Waals surface area contributed by atoms with E-state index in [-0.39, 0.29) is 23.7 Å². The molecule has 1 aliphatic heterocycles. The molecular formula is C23H26ClN3O3. The molecule has 2 amide bonds. The zero-order valence-electron chi connectivity index (χ0n) is 17.2. The van der Waals surface area contributed by atoms with Crippen molar-refractivity contribution in [2.75, 3.05) is 13.1 Å². The standard InChI is InChI=1S/C23H26ClN3O3/c1-14-3-5-19(30-14)13-25-22(28)15(2)16-7-9-27(10-8-16)23(29)21-12-17-11-18(24)4-6-20(17)26-21/h3-6,11-12,15-16,26H,7-10,13H2,1-2H3,(H,25,28)/t15-/m0/s1. The molecule has 6 nitrogen and oxygen atoms in total. The second-order valence-corrected chi connectivity index (χ2v) is 8.50. The molecule has 0 aliphatic carbocycles. The van der Waals surface area contributed by atoms with Crippen molar-refractivity contribution in [3.63, 3.8) is 0 Å². The molecule has 0 radical (unpaired) electrons. The number of benzene rings is 1. The zero-order chi connectivity index (χ0) is 21.3. The van der Waals surface area contributed by atoms with Crippen LogP contribution in [0.2, 0.25) is 5.02 Å². The maximum Gasteiger partial charge on any atom is 0.270 e. The van der Waals surface area contributed by atoms with Crippen molar-refractivity contribution in [1.82, 2.24) is 15.2 Å². The fourth-order valence-corrected chi connectivity index (χ4v) is 4.30. The van der Waals surface area contributed by atoms with E-state index in [1.54, 1.807) is 6.07 Å². The third kappa shape index (κ3) is 4.38. The molecule has 7 heteroatoms. The lowest BCUT2D eigenvalue weighted by atomic mass is 9.84. The third-order valence-electron chi connectivity index (χ3n) is 5.99. The highest BCUT2D eigenvalue weighted by Crippen LogP contribution is 2.27. The Balaban J connectivity index is 1.31. The van der Waals surface area contributed by atoms with Crippen LogP contribution in [0.1, 0.15) is 41.8 Å². The minimum atomic E-state index is -0.103. The summed E-state index contributed by atoms with van der Waals surface area (Å²) in [5, 5.41) is 4.54. The Hall–Kier alpha value is -2.73. The van der Waals surface area contributed by atoms with E-state index in [1.807, 2.05) is 49.1 Å². The van der Waals surface area contributed by atoms with Crippen molar-refractivity contribution in [2.45, 2.75) is 33.2 Å². The van der Waals surface area contributed by atoms with Crippen LogP contribution in [0.5, 0.6) is 0 Å². The Labute approximate surface area is 180 Å². The van der Waals surface area contributed by atoms with Gasteiger partial charge in [0.1, 0.15) is 17.2 Å².